The van der Waals surface area contributed by atoms with Crippen LogP contribution in [0.4, 0.5) is 5.95 Å². The van der Waals surface area contributed by atoms with Crippen molar-refractivity contribution >= 4 is 40.3 Å². The van der Waals surface area contributed by atoms with E-state index in [1.807, 2.05) is 0 Å². The van der Waals surface area contributed by atoms with Crippen molar-refractivity contribution < 1.29 is 0 Å². The van der Waals surface area contributed by atoms with Crippen LogP contribution in [0.25, 0.3) is 11.2 Å². The largest absolute Gasteiger partial charge is 0.369 e. The number of H-pyrrole nitrogens is 1. The van der Waals surface area contributed by atoms with Gasteiger partial charge in [0.1, 0.15) is 0 Å². The van der Waals surface area contributed by atoms with E-state index in [0.717, 1.165) is 0 Å². The highest BCUT2D eigenvalue weighted by Crippen LogP contribution is 1.97. The summed E-state index contributed by atoms with van der Waals surface area (Å²) < 4.78 is 0. The van der Waals surface area contributed by atoms with Gasteiger partial charge < -0.3 is 11.5 Å². The van der Waals surface area contributed by atoms with Gasteiger partial charge in [0.15, 0.2) is 16.1 Å². The van der Waals surface area contributed by atoms with E-state index in [-0.39, 0.29) is 22.7 Å². The molecule has 86 valence electrons. The van der Waals surface area contributed by atoms with Gasteiger partial charge in [0.2, 0.25) is 5.95 Å². The fraction of sp³-hybridized carbons (Fsp3) is 0.143. The standard InChI is InChI=1S/C6H5N5O.CH3Cl2N/c7-6-10-4-3(5(12)11-6)8-1-2-9-4;2-1(3)4/h1-2H,(H3,7,9,10,11,12);1H,4H2. The molecular formula is C7H8Cl2N6O. The minimum atomic E-state index is -0.722. The molecular weight excluding hydrogens is 255 g/mol. The van der Waals surface area contributed by atoms with Crippen LogP contribution in [-0.4, -0.2) is 24.9 Å². The Morgan fingerprint density at radius 2 is 1.88 bits per heavy atom. The maximum atomic E-state index is 11.1. The molecule has 16 heavy (non-hydrogen) atoms. The molecule has 0 radical (unpaired) electrons. The zero-order chi connectivity index (χ0) is 12.1. The zero-order valence-electron chi connectivity index (χ0n) is 7.89. The van der Waals surface area contributed by atoms with Crippen LogP contribution in [0, 0.1) is 0 Å². The number of nitrogens with two attached hydrogens (primary N) is 2. The van der Waals surface area contributed by atoms with Crippen molar-refractivity contribution in [1.82, 2.24) is 19.9 Å². The van der Waals surface area contributed by atoms with Crippen LogP contribution >= 0.6 is 23.2 Å². The molecule has 0 aliphatic rings. The average molecular weight is 263 g/mol. The van der Waals surface area contributed by atoms with Gasteiger partial charge in [-0.25, -0.2) is 9.97 Å². The Bertz CT molecular complexity index is 525. The quantitative estimate of drug-likeness (QED) is 0.454. The van der Waals surface area contributed by atoms with Gasteiger partial charge in [-0.2, -0.15) is 4.98 Å². The first-order valence-corrected chi connectivity index (χ1v) is 4.88. The second kappa shape index (κ2) is 5.59. The van der Waals surface area contributed by atoms with Crippen LogP contribution in [0.2, 0.25) is 0 Å². The van der Waals surface area contributed by atoms with E-state index >= 15 is 0 Å². The van der Waals surface area contributed by atoms with Gasteiger partial charge >= 0.3 is 0 Å². The van der Waals surface area contributed by atoms with Crippen molar-refractivity contribution in [2.75, 3.05) is 5.73 Å². The third-order valence-electron chi connectivity index (χ3n) is 1.36. The number of alkyl halides is 2. The number of hydrogen-bond acceptors (Lipinski definition) is 6. The Morgan fingerprint density at radius 3 is 2.50 bits per heavy atom. The number of fused-ring (bicyclic) bond motifs is 1. The van der Waals surface area contributed by atoms with Gasteiger partial charge in [-0.3, -0.25) is 9.78 Å². The second-order valence-electron chi connectivity index (χ2n) is 2.51. The predicted octanol–water partition coefficient (Wildman–Crippen LogP) is 0.00160. The third-order valence-corrected chi connectivity index (χ3v) is 1.36. The Morgan fingerprint density at radius 1 is 1.31 bits per heavy atom. The minimum absolute atomic E-state index is 0.0491. The number of hydrogen-bond donors (Lipinski definition) is 3. The van der Waals surface area contributed by atoms with Gasteiger partial charge in [0, 0.05) is 12.4 Å². The number of aromatic amines is 1. The van der Waals surface area contributed by atoms with Gasteiger partial charge in [0.05, 0.1) is 0 Å². The molecule has 2 heterocycles. The Hall–Kier alpha value is -1.44. The number of aromatic nitrogens is 4. The van der Waals surface area contributed by atoms with Crippen molar-refractivity contribution in [3.8, 4) is 0 Å². The third kappa shape index (κ3) is 3.61. The summed E-state index contributed by atoms with van der Waals surface area (Å²) in [7, 11) is 0. The molecule has 0 saturated heterocycles. The predicted molar refractivity (Wildman–Crippen MR) is 62.0 cm³/mol. The fourth-order valence-corrected chi connectivity index (χ4v) is 0.890. The summed E-state index contributed by atoms with van der Waals surface area (Å²) in [5.41, 5.74) is 10.0. The molecule has 0 atom stereocenters. The zero-order valence-corrected chi connectivity index (χ0v) is 9.40. The topological polar surface area (TPSA) is 124 Å². The van der Waals surface area contributed by atoms with Crippen LogP contribution in [0.3, 0.4) is 0 Å². The Labute approximate surface area is 99.8 Å². The lowest BCUT2D eigenvalue weighted by Crippen LogP contribution is -2.12. The number of rotatable bonds is 0. The van der Waals surface area contributed by atoms with E-state index in [4.69, 9.17) is 28.9 Å². The van der Waals surface area contributed by atoms with Crippen molar-refractivity contribution in [2.24, 2.45) is 5.73 Å². The number of nitrogens with one attached hydrogen (secondary N) is 1. The average Bonchev–Trinajstić information content (AvgIpc) is 2.16. The number of halogens is 2. The van der Waals surface area contributed by atoms with Crippen molar-refractivity contribution in [3.63, 3.8) is 0 Å². The summed E-state index contributed by atoms with van der Waals surface area (Å²) in [6.45, 7) is 0. The fourth-order valence-electron chi connectivity index (χ4n) is 0.890. The molecule has 0 aliphatic heterocycles. The Balaban J connectivity index is 0.000000280. The van der Waals surface area contributed by atoms with E-state index in [1.54, 1.807) is 0 Å². The Kier molecular flexibility index (Phi) is 4.41. The van der Waals surface area contributed by atoms with Crippen LogP contribution in [0.15, 0.2) is 17.2 Å². The van der Waals surface area contributed by atoms with Gasteiger partial charge in [0.25, 0.3) is 5.56 Å². The molecule has 0 spiro atoms. The maximum Gasteiger partial charge on any atom is 0.280 e. The lowest BCUT2D eigenvalue weighted by molar-refractivity contribution is 1.12. The maximum absolute atomic E-state index is 11.1. The smallest absolute Gasteiger partial charge is 0.280 e. The first-order valence-electron chi connectivity index (χ1n) is 4.01. The summed E-state index contributed by atoms with van der Waals surface area (Å²) in [6, 6.07) is 0. The highest BCUT2D eigenvalue weighted by Gasteiger charge is 2.01. The normalized spacial score (nSPS) is 10.0. The molecule has 0 unspecified atom stereocenters. The van der Waals surface area contributed by atoms with Crippen LogP contribution in [0.5, 0.6) is 0 Å². The SMILES string of the molecule is NC(Cl)Cl.Nc1nc2nccnc2c(=O)[nH]1. The lowest BCUT2D eigenvalue weighted by Gasteiger charge is -1.94. The summed E-state index contributed by atoms with van der Waals surface area (Å²) in [5.74, 6) is 0.0491. The molecule has 0 aliphatic carbocycles. The molecule has 0 fully saturated rings. The molecule has 0 amide bonds. The highest BCUT2D eigenvalue weighted by molar-refractivity contribution is 6.43. The van der Waals surface area contributed by atoms with Crippen LogP contribution in [0.1, 0.15) is 0 Å². The van der Waals surface area contributed by atoms with E-state index < -0.39 is 4.96 Å². The van der Waals surface area contributed by atoms with Crippen molar-refractivity contribution in [3.05, 3.63) is 22.7 Å². The minimum Gasteiger partial charge on any atom is -0.369 e. The van der Waals surface area contributed by atoms with E-state index in [0.29, 0.717) is 0 Å². The summed E-state index contributed by atoms with van der Waals surface area (Å²) >= 11 is 9.64. The lowest BCUT2D eigenvalue weighted by atomic mass is 10.5. The molecule has 7 nitrogen and oxygen atoms in total. The summed E-state index contributed by atoms with van der Waals surface area (Å²) in [4.78, 5) is 24.1. The first kappa shape index (κ1) is 12.6. The molecule has 9 heteroatoms. The van der Waals surface area contributed by atoms with Gasteiger partial charge in [-0.1, -0.05) is 23.2 Å². The van der Waals surface area contributed by atoms with Crippen molar-refractivity contribution in [2.45, 2.75) is 4.96 Å². The summed E-state index contributed by atoms with van der Waals surface area (Å²) in [5, 5.41) is 0. The van der Waals surface area contributed by atoms with Crippen LogP contribution < -0.4 is 17.0 Å². The van der Waals surface area contributed by atoms with E-state index in [9.17, 15) is 4.79 Å². The highest BCUT2D eigenvalue weighted by atomic mass is 35.5. The first-order chi connectivity index (χ1) is 7.50. The van der Waals surface area contributed by atoms with Gasteiger partial charge in [-0.15, -0.1) is 0 Å². The number of anilines is 1. The molecule has 5 N–H and O–H groups in total. The summed E-state index contributed by atoms with van der Waals surface area (Å²) in [6.07, 6.45) is 2.88. The second-order valence-corrected chi connectivity index (χ2v) is 3.68. The number of nitrogen functional groups attached to an aromatic ring is 1. The molecule has 0 aromatic carbocycles. The monoisotopic (exact) mass is 262 g/mol. The van der Waals surface area contributed by atoms with Crippen molar-refractivity contribution in [1.29, 1.82) is 0 Å². The molecule has 2 aromatic heterocycles. The van der Waals surface area contributed by atoms with E-state index in [2.05, 4.69) is 25.7 Å². The molecule has 0 bridgehead atoms. The number of nitrogens with zero attached hydrogens (tertiary/aromatic N) is 3. The molecule has 2 aromatic rings. The van der Waals surface area contributed by atoms with Gasteiger partial charge in [-0.05, 0) is 0 Å². The molecule has 0 saturated carbocycles. The van der Waals surface area contributed by atoms with Crippen LogP contribution in [-0.2, 0) is 0 Å². The molecule has 2 rings (SSSR count). The van der Waals surface area contributed by atoms with E-state index in [1.165, 1.54) is 12.4 Å².